The van der Waals surface area contributed by atoms with Gasteiger partial charge in [0.2, 0.25) is 0 Å². The maximum absolute atomic E-state index is 10.7. The average molecular weight is 230 g/mol. The van der Waals surface area contributed by atoms with Crippen LogP contribution in [0.3, 0.4) is 0 Å². The Bertz CT molecular complexity index is 457. The molecule has 0 aliphatic carbocycles. The topological polar surface area (TPSA) is 46.5 Å². The van der Waals surface area contributed by atoms with E-state index >= 15 is 0 Å². The fourth-order valence-electron chi connectivity index (χ4n) is 1.80. The van der Waals surface area contributed by atoms with Crippen molar-refractivity contribution >= 4 is 5.97 Å². The average Bonchev–Trinajstić information content (AvgIpc) is 2.39. The zero-order chi connectivity index (χ0) is 12.3. The molecule has 88 valence electrons. The fourth-order valence-corrected chi connectivity index (χ4v) is 1.80. The van der Waals surface area contributed by atoms with E-state index in [1.165, 1.54) is 0 Å². The Morgan fingerprint density at radius 1 is 1.41 bits per heavy atom. The molecule has 0 saturated carbocycles. The van der Waals surface area contributed by atoms with E-state index in [0.29, 0.717) is 12.2 Å². The van der Waals surface area contributed by atoms with E-state index in [1.807, 2.05) is 0 Å². The van der Waals surface area contributed by atoms with Crippen molar-refractivity contribution in [3.63, 3.8) is 0 Å². The molecule has 0 aromatic heterocycles. The predicted molar refractivity (Wildman–Crippen MR) is 65.0 cm³/mol. The van der Waals surface area contributed by atoms with Crippen molar-refractivity contribution < 1.29 is 14.6 Å². The van der Waals surface area contributed by atoms with Crippen LogP contribution >= 0.6 is 0 Å². The molecule has 2 rings (SSSR count). The molecule has 0 amide bonds. The van der Waals surface area contributed by atoms with Crippen molar-refractivity contribution in [2.45, 2.75) is 12.5 Å². The van der Waals surface area contributed by atoms with E-state index in [2.05, 4.69) is 12.7 Å². The molecule has 3 heteroatoms. The summed E-state index contributed by atoms with van der Waals surface area (Å²) < 4.78 is 5.68. The Morgan fingerprint density at radius 3 is 2.59 bits per heavy atom. The van der Waals surface area contributed by atoms with Crippen molar-refractivity contribution in [3.05, 3.63) is 59.7 Å². The number of hydrogen-bond acceptors (Lipinski definition) is 2. The molecular weight excluding hydrogens is 216 g/mol. The van der Waals surface area contributed by atoms with Gasteiger partial charge >= 0.3 is 5.97 Å². The Morgan fingerprint density at radius 2 is 2.12 bits per heavy atom. The standard InChI is InChI=1S/C14H14O3/c1-2-10-3-8-13(17-9-10)11-4-6-12(7-5-11)14(15)16/h2-7,13H,1,8-9H2,(H,15,16). The van der Waals surface area contributed by atoms with E-state index in [-0.39, 0.29) is 6.10 Å². The Hall–Kier alpha value is -1.87. The summed E-state index contributed by atoms with van der Waals surface area (Å²) in [5.74, 6) is -0.907. The third-order valence-corrected chi connectivity index (χ3v) is 2.84. The van der Waals surface area contributed by atoms with Gasteiger partial charge in [-0.1, -0.05) is 30.9 Å². The van der Waals surface area contributed by atoms with Crippen LogP contribution in [0.4, 0.5) is 0 Å². The maximum atomic E-state index is 10.7. The van der Waals surface area contributed by atoms with Crippen molar-refractivity contribution in [1.29, 1.82) is 0 Å². The number of carbonyl (C=O) groups is 1. The minimum absolute atomic E-state index is 0.0153. The van der Waals surface area contributed by atoms with Gasteiger partial charge in [0.25, 0.3) is 0 Å². The summed E-state index contributed by atoms with van der Waals surface area (Å²) in [5, 5.41) is 8.80. The summed E-state index contributed by atoms with van der Waals surface area (Å²) in [4.78, 5) is 10.7. The Balaban J connectivity index is 2.11. The van der Waals surface area contributed by atoms with Crippen LogP contribution in [-0.4, -0.2) is 17.7 Å². The van der Waals surface area contributed by atoms with Gasteiger partial charge in [0.05, 0.1) is 18.3 Å². The first-order chi connectivity index (χ1) is 8.20. The summed E-state index contributed by atoms with van der Waals surface area (Å²) in [7, 11) is 0. The largest absolute Gasteiger partial charge is 0.478 e. The van der Waals surface area contributed by atoms with Gasteiger partial charge in [-0.25, -0.2) is 4.79 Å². The normalized spacial score (nSPS) is 19.5. The van der Waals surface area contributed by atoms with Crippen LogP contribution in [0.25, 0.3) is 0 Å². The highest BCUT2D eigenvalue weighted by Gasteiger charge is 2.15. The van der Waals surface area contributed by atoms with Crippen LogP contribution in [-0.2, 0) is 4.74 Å². The molecule has 0 radical (unpaired) electrons. The lowest BCUT2D eigenvalue weighted by Crippen LogP contribution is -2.11. The molecule has 1 atom stereocenters. The first kappa shape index (κ1) is 11.6. The van der Waals surface area contributed by atoms with Crippen molar-refractivity contribution in [2.24, 2.45) is 0 Å². The molecule has 17 heavy (non-hydrogen) atoms. The van der Waals surface area contributed by atoms with Crippen LogP contribution in [0.1, 0.15) is 28.4 Å². The fraction of sp³-hybridized carbons (Fsp3) is 0.214. The van der Waals surface area contributed by atoms with E-state index in [4.69, 9.17) is 9.84 Å². The van der Waals surface area contributed by atoms with Gasteiger partial charge < -0.3 is 9.84 Å². The number of carboxylic acids is 1. The van der Waals surface area contributed by atoms with Gasteiger partial charge in [-0.05, 0) is 29.7 Å². The predicted octanol–water partition coefficient (Wildman–Crippen LogP) is 2.96. The molecule has 0 bridgehead atoms. The number of carboxylic acid groups (broad SMARTS) is 1. The summed E-state index contributed by atoms with van der Waals surface area (Å²) >= 11 is 0. The minimum atomic E-state index is -0.907. The molecule has 1 unspecified atom stereocenters. The van der Waals surface area contributed by atoms with Crippen molar-refractivity contribution in [2.75, 3.05) is 6.61 Å². The van der Waals surface area contributed by atoms with E-state index in [1.54, 1.807) is 30.3 Å². The van der Waals surface area contributed by atoms with Gasteiger partial charge in [-0.15, -0.1) is 0 Å². The van der Waals surface area contributed by atoms with Crippen molar-refractivity contribution in [1.82, 2.24) is 0 Å². The maximum Gasteiger partial charge on any atom is 0.335 e. The molecule has 1 N–H and O–H groups in total. The molecule has 0 spiro atoms. The Labute approximate surface area is 100 Å². The quantitative estimate of drug-likeness (QED) is 0.868. The zero-order valence-electron chi connectivity index (χ0n) is 9.43. The molecule has 1 aliphatic heterocycles. The summed E-state index contributed by atoms with van der Waals surface area (Å²) in [6.45, 7) is 4.26. The third kappa shape index (κ3) is 2.63. The second-order valence-electron chi connectivity index (χ2n) is 3.95. The van der Waals surface area contributed by atoms with Crippen LogP contribution in [0.15, 0.2) is 48.6 Å². The summed E-state index contributed by atoms with van der Waals surface area (Å²) in [6, 6.07) is 6.82. The first-order valence-electron chi connectivity index (χ1n) is 5.47. The molecule has 3 nitrogen and oxygen atoms in total. The molecule has 0 fully saturated rings. The number of rotatable bonds is 3. The highest BCUT2D eigenvalue weighted by Crippen LogP contribution is 2.27. The van der Waals surface area contributed by atoms with E-state index in [9.17, 15) is 4.79 Å². The van der Waals surface area contributed by atoms with E-state index < -0.39 is 5.97 Å². The second-order valence-corrected chi connectivity index (χ2v) is 3.95. The van der Waals surface area contributed by atoms with Gasteiger partial charge in [0.15, 0.2) is 0 Å². The van der Waals surface area contributed by atoms with Gasteiger partial charge in [0.1, 0.15) is 0 Å². The summed E-state index contributed by atoms with van der Waals surface area (Å²) in [5.41, 5.74) is 2.41. The van der Waals surface area contributed by atoms with Crippen LogP contribution in [0.5, 0.6) is 0 Å². The lowest BCUT2D eigenvalue weighted by molar-refractivity contribution is 0.0632. The lowest BCUT2D eigenvalue weighted by Gasteiger charge is -2.22. The molecule has 1 aliphatic rings. The molecule has 0 saturated heterocycles. The minimum Gasteiger partial charge on any atom is -0.478 e. The van der Waals surface area contributed by atoms with Crippen LogP contribution < -0.4 is 0 Å². The lowest BCUT2D eigenvalue weighted by atomic mass is 10.0. The van der Waals surface area contributed by atoms with Gasteiger partial charge in [-0.2, -0.15) is 0 Å². The summed E-state index contributed by atoms with van der Waals surface area (Å²) in [6.07, 6.45) is 4.71. The first-order valence-corrected chi connectivity index (χ1v) is 5.47. The van der Waals surface area contributed by atoms with E-state index in [0.717, 1.165) is 17.6 Å². The third-order valence-electron chi connectivity index (χ3n) is 2.84. The van der Waals surface area contributed by atoms with Crippen LogP contribution in [0.2, 0.25) is 0 Å². The monoisotopic (exact) mass is 230 g/mol. The molecule has 1 heterocycles. The molecular formula is C14H14O3. The number of aromatic carboxylic acids is 1. The van der Waals surface area contributed by atoms with Crippen LogP contribution in [0, 0.1) is 0 Å². The smallest absolute Gasteiger partial charge is 0.335 e. The van der Waals surface area contributed by atoms with Crippen molar-refractivity contribution in [3.8, 4) is 0 Å². The molecule has 1 aromatic rings. The Kier molecular flexibility index (Phi) is 3.40. The zero-order valence-corrected chi connectivity index (χ0v) is 9.43. The number of benzene rings is 1. The highest BCUT2D eigenvalue weighted by atomic mass is 16.5. The van der Waals surface area contributed by atoms with Gasteiger partial charge in [-0.3, -0.25) is 0 Å². The molecule has 1 aromatic carbocycles. The highest BCUT2D eigenvalue weighted by molar-refractivity contribution is 5.87. The van der Waals surface area contributed by atoms with Gasteiger partial charge in [0, 0.05) is 0 Å². The number of ether oxygens (including phenoxy) is 1. The second kappa shape index (κ2) is 4.97. The SMILES string of the molecule is C=CC1=CCC(c2ccc(C(=O)O)cc2)OC1. The number of hydrogen-bond donors (Lipinski definition) is 1.